The number of nitrogens with two attached hydrogens (primary N) is 1. The number of thiazole rings is 1. The molecule has 2 aromatic rings. The zero-order chi connectivity index (χ0) is 14.0. The Labute approximate surface area is 121 Å². The van der Waals surface area contributed by atoms with Gasteiger partial charge in [0, 0.05) is 17.4 Å². The van der Waals surface area contributed by atoms with Crippen LogP contribution in [0, 0.1) is 0 Å². The number of nitrogen functional groups attached to an aromatic ring is 1. The fraction of sp³-hybridized carbons (Fsp3) is 0.417. The Hall–Kier alpha value is -1.40. The zero-order valence-corrected chi connectivity index (χ0v) is 12.6. The van der Waals surface area contributed by atoms with Gasteiger partial charge in [0.25, 0.3) is 0 Å². The number of anilines is 2. The van der Waals surface area contributed by atoms with Gasteiger partial charge in [-0.25, -0.2) is 9.97 Å². The summed E-state index contributed by atoms with van der Waals surface area (Å²) in [6.45, 7) is 6.28. The Bertz CT molecular complexity index is 549. The van der Waals surface area contributed by atoms with Crippen LogP contribution in [0.15, 0.2) is 11.4 Å². The molecule has 1 atom stereocenters. The van der Waals surface area contributed by atoms with Crippen molar-refractivity contribution >= 4 is 34.7 Å². The van der Waals surface area contributed by atoms with Crippen molar-refractivity contribution in [3.05, 3.63) is 27.3 Å². The van der Waals surface area contributed by atoms with Crippen molar-refractivity contribution in [2.45, 2.75) is 32.7 Å². The molecule has 0 aliphatic rings. The first-order valence-electron chi connectivity index (χ1n) is 5.97. The van der Waals surface area contributed by atoms with Crippen LogP contribution in [0.4, 0.5) is 11.8 Å². The number of hydrogen-bond donors (Lipinski definition) is 2. The summed E-state index contributed by atoms with van der Waals surface area (Å²) in [7, 11) is 0. The van der Waals surface area contributed by atoms with Crippen molar-refractivity contribution in [2.75, 3.05) is 11.1 Å². The van der Waals surface area contributed by atoms with E-state index >= 15 is 0 Å². The van der Waals surface area contributed by atoms with Crippen molar-refractivity contribution in [1.82, 2.24) is 15.0 Å². The van der Waals surface area contributed by atoms with Crippen molar-refractivity contribution in [2.24, 2.45) is 0 Å². The lowest BCUT2D eigenvalue weighted by Crippen LogP contribution is -2.10. The first kappa shape index (κ1) is 14.0. The lowest BCUT2D eigenvalue weighted by Gasteiger charge is -2.12. The quantitative estimate of drug-likeness (QED) is 0.845. The summed E-state index contributed by atoms with van der Waals surface area (Å²) in [5.74, 6) is 1.20. The first-order valence-corrected chi connectivity index (χ1v) is 7.23. The lowest BCUT2D eigenvalue weighted by molar-refractivity contribution is 0.798. The SMILES string of the molecule is CC(C)c1nc(C(C)Nc2cc(Cl)nc(N)n2)cs1. The molecule has 0 bridgehead atoms. The zero-order valence-electron chi connectivity index (χ0n) is 11.0. The molecule has 0 saturated carbocycles. The number of nitrogens with one attached hydrogen (secondary N) is 1. The summed E-state index contributed by atoms with van der Waals surface area (Å²) in [5, 5.41) is 6.73. The van der Waals surface area contributed by atoms with Crippen LogP contribution in [0.25, 0.3) is 0 Å². The fourth-order valence-corrected chi connectivity index (χ4v) is 2.69. The summed E-state index contributed by atoms with van der Waals surface area (Å²) in [4.78, 5) is 12.5. The van der Waals surface area contributed by atoms with Crippen LogP contribution >= 0.6 is 22.9 Å². The predicted octanol–water partition coefficient (Wildman–Crippen LogP) is 3.47. The molecule has 5 nitrogen and oxygen atoms in total. The average Bonchev–Trinajstić information content (AvgIpc) is 2.76. The van der Waals surface area contributed by atoms with Crippen LogP contribution < -0.4 is 11.1 Å². The maximum absolute atomic E-state index is 5.84. The third kappa shape index (κ3) is 3.54. The largest absolute Gasteiger partial charge is 0.368 e. The minimum absolute atomic E-state index is 0.0362. The molecule has 0 aliphatic carbocycles. The van der Waals surface area contributed by atoms with E-state index in [1.165, 1.54) is 0 Å². The second kappa shape index (κ2) is 5.71. The predicted molar refractivity (Wildman–Crippen MR) is 79.7 cm³/mol. The van der Waals surface area contributed by atoms with E-state index in [4.69, 9.17) is 17.3 Å². The minimum Gasteiger partial charge on any atom is -0.368 e. The molecule has 0 fully saturated rings. The fourth-order valence-electron chi connectivity index (χ4n) is 1.57. The molecule has 3 N–H and O–H groups in total. The maximum atomic E-state index is 5.84. The molecular weight excluding hydrogens is 282 g/mol. The van der Waals surface area contributed by atoms with Crippen LogP contribution in [0.5, 0.6) is 0 Å². The molecule has 2 heterocycles. The molecule has 1 unspecified atom stereocenters. The first-order chi connectivity index (χ1) is 8.95. The highest BCUT2D eigenvalue weighted by molar-refractivity contribution is 7.09. The van der Waals surface area contributed by atoms with E-state index in [2.05, 4.69) is 39.5 Å². The molecule has 102 valence electrons. The van der Waals surface area contributed by atoms with Crippen molar-refractivity contribution in [3.8, 4) is 0 Å². The maximum Gasteiger partial charge on any atom is 0.223 e. The topological polar surface area (TPSA) is 76.7 Å². The van der Waals surface area contributed by atoms with Gasteiger partial charge in [-0.3, -0.25) is 0 Å². The standard InChI is InChI=1S/C12H16ClN5S/c1-6(2)11-16-8(5-19-11)7(3)15-10-4-9(13)17-12(14)18-10/h4-7H,1-3H3,(H3,14,15,17,18). The normalized spacial score (nSPS) is 12.7. The number of aromatic nitrogens is 3. The van der Waals surface area contributed by atoms with Gasteiger partial charge in [-0.2, -0.15) is 4.98 Å². The van der Waals surface area contributed by atoms with Gasteiger partial charge in [-0.15, -0.1) is 11.3 Å². The van der Waals surface area contributed by atoms with Crippen LogP contribution in [-0.4, -0.2) is 15.0 Å². The number of nitrogens with zero attached hydrogens (tertiary/aromatic N) is 3. The molecule has 7 heteroatoms. The second-order valence-electron chi connectivity index (χ2n) is 4.57. The van der Waals surface area contributed by atoms with Crippen molar-refractivity contribution in [1.29, 1.82) is 0 Å². The van der Waals surface area contributed by atoms with Gasteiger partial charge in [0.15, 0.2) is 0 Å². The Morgan fingerprint density at radius 2 is 2.00 bits per heavy atom. The highest BCUT2D eigenvalue weighted by Crippen LogP contribution is 2.25. The summed E-state index contributed by atoms with van der Waals surface area (Å²) >= 11 is 7.51. The molecule has 0 aromatic carbocycles. The summed E-state index contributed by atoms with van der Waals surface area (Å²) < 4.78 is 0. The van der Waals surface area contributed by atoms with Gasteiger partial charge in [0.1, 0.15) is 11.0 Å². The highest BCUT2D eigenvalue weighted by atomic mass is 35.5. The molecule has 0 saturated heterocycles. The Morgan fingerprint density at radius 1 is 1.26 bits per heavy atom. The van der Waals surface area contributed by atoms with Crippen LogP contribution in [0.2, 0.25) is 5.15 Å². The van der Waals surface area contributed by atoms with Crippen LogP contribution in [0.1, 0.15) is 43.4 Å². The highest BCUT2D eigenvalue weighted by Gasteiger charge is 2.13. The number of halogens is 1. The molecular formula is C12H16ClN5S. The number of rotatable bonds is 4. The van der Waals surface area contributed by atoms with Gasteiger partial charge in [-0.05, 0) is 6.92 Å². The van der Waals surface area contributed by atoms with E-state index in [9.17, 15) is 0 Å². The Morgan fingerprint density at radius 3 is 2.58 bits per heavy atom. The summed E-state index contributed by atoms with van der Waals surface area (Å²) in [5.41, 5.74) is 6.55. The average molecular weight is 298 g/mol. The Kier molecular flexibility index (Phi) is 4.21. The molecule has 2 rings (SSSR count). The third-order valence-corrected chi connectivity index (χ3v) is 3.91. The molecule has 0 radical (unpaired) electrons. The van der Waals surface area contributed by atoms with E-state index in [-0.39, 0.29) is 12.0 Å². The monoisotopic (exact) mass is 297 g/mol. The lowest BCUT2D eigenvalue weighted by atomic mass is 10.2. The summed E-state index contributed by atoms with van der Waals surface area (Å²) in [6.07, 6.45) is 0. The van der Waals surface area contributed by atoms with Crippen molar-refractivity contribution in [3.63, 3.8) is 0 Å². The van der Waals surface area contributed by atoms with Gasteiger partial charge >= 0.3 is 0 Å². The van der Waals surface area contributed by atoms with Crippen LogP contribution in [-0.2, 0) is 0 Å². The van der Waals surface area contributed by atoms with E-state index in [1.807, 2.05) is 6.92 Å². The molecule has 2 aromatic heterocycles. The molecule has 0 amide bonds. The van der Waals surface area contributed by atoms with Gasteiger partial charge < -0.3 is 11.1 Å². The van der Waals surface area contributed by atoms with E-state index < -0.39 is 0 Å². The van der Waals surface area contributed by atoms with Gasteiger partial charge in [-0.1, -0.05) is 25.4 Å². The summed E-state index contributed by atoms with van der Waals surface area (Å²) in [6, 6.07) is 1.68. The van der Waals surface area contributed by atoms with Gasteiger partial charge in [0.2, 0.25) is 5.95 Å². The van der Waals surface area contributed by atoms with E-state index in [0.717, 1.165) is 10.7 Å². The smallest absolute Gasteiger partial charge is 0.223 e. The van der Waals surface area contributed by atoms with E-state index in [0.29, 0.717) is 16.9 Å². The van der Waals surface area contributed by atoms with Crippen molar-refractivity contribution < 1.29 is 0 Å². The third-order valence-electron chi connectivity index (χ3n) is 2.55. The number of hydrogen-bond acceptors (Lipinski definition) is 6. The molecule has 0 aliphatic heterocycles. The minimum atomic E-state index is 0.0362. The Balaban J connectivity index is 2.13. The van der Waals surface area contributed by atoms with Gasteiger partial charge in [0.05, 0.1) is 16.7 Å². The second-order valence-corrected chi connectivity index (χ2v) is 5.84. The van der Waals surface area contributed by atoms with Crippen LogP contribution in [0.3, 0.4) is 0 Å². The molecule has 19 heavy (non-hydrogen) atoms. The molecule has 0 spiro atoms. The van der Waals surface area contributed by atoms with E-state index in [1.54, 1.807) is 17.4 Å².